The second-order valence-corrected chi connectivity index (χ2v) is 8.36. The van der Waals surface area contributed by atoms with Crippen LogP contribution in [0.4, 0.5) is 0 Å². The highest BCUT2D eigenvalue weighted by molar-refractivity contribution is 7.91. The molecule has 21 heavy (non-hydrogen) atoms. The number of sulfonamides is 1. The summed E-state index contributed by atoms with van der Waals surface area (Å²) in [4.78, 5) is 13.3. The molecule has 1 atom stereocenters. The Hall–Kier alpha value is -0.670. The Balaban J connectivity index is 1.89. The Bertz CT molecular complexity index is 602. The number of likely N-dealkylation sites (tertiary alicyclic amines) is 1. The van der Waals surface area contributed by atoms with E-state index in [4.69, 9.17) is 16.3 Å². The number of rotatable bonds is 6. The van der Waals surface area contributed by atoms with Gasteiger partial charge >= 0.3 is 5.97 Å². The van der Waals surface area contributed by atoms with Gasteiger partial charge in [0, 0.05) is 19.1 Å². The molecule has 0 spiro atoms. The van der Waals surface area contributed by atoms with Gasteiger partial charge in [-0.25, -0.2) is 13.1 Å². The predicted octanol–water partition coefficient (Wildman–Crippen LogP) is 1.32. The van der Waals surface area contributed by atoms with E-state index in [1.807, 2.05) is 4.90 Å². The number of nitrogens with one attached hydrogen (secondary N) is 1. The molecular formula is C12H17ClN2O4S2. The minimum absolute atomic E-state index is 0.191. The highest BCUT2D eigenvalue weighted by atomic mass is 35.5. The van der Waals surface area contributed by atoms with Crippen molar-refractivity contribution in [1.82, 2.24) is 9.62 Å². The van der Waals surface area contributed by atoms with Gasteiger partial charge in [-0.2, -0.15) is 0 Å². The topological polar surface area (TPSA) is 75.7 Å². The zero-order valence-electron chi connectivity index (χ0n) is 11.5. The van der Waals surface area contributed by atoms with Gasteiger partial charge in [0.15, 0.2) is 0 Å². The Morgan fingerprint density at radius 1 is 1.57 bits per heavy atom. The number of nitrogens with zero attached hydrogens (tertiary/aromatic N) is 1. The molecule has 9 heteroatoms. The van der Waals surface area contributed by atoms with Crippen LogP contribution in [0.15, 0.2) is 16.3 Å². The number of halogens is 1. The first-order valence-corrected chi connectivity index (χ1v) is 9.24. The lowest BCUT2D eigenvalue weighted by molar-refractivity contribution is -0.144. The molecule has 0 saturated carbocycles. The summed E-state index contributed by atoms with van der Waals surface area (Å²) in [7, 11) is -3.54. The number of ether oxygens (including phenoxy) is 1. The summed E-state index contributed by atoms with van der Waals surface area (Å²) in [6.45, 7) is 3.46. The largest absolute Gasteiger partial charge is 0.465 e. The first-order valence-electron chi connectivity index (χ1n) is 6.56. The number of esters is 1. The molecule has 2 rings (SSSR count). The van der Waals surface area contributed by atoms with E-state index in [9.17, 15) is 13.2 Å². The SMILES string of the molecule is CCOC(=O)CN1CC[C@@H](NS(=O)(=O)c2ccc(Cl)s2)C1. The summed E-state index contributed by atoms with van der Waals surface area (Å²) in [5.41, 5.74) is 0. The van der Waals surface area contributed by atoms with Crippen LogP contribution in [0.5, 0.6) is 0 Å². The maximum Gasteiger partial charge on any atom is 0.320 e. The zero-order chi connectivity index (χ0) is 15.5. The first-order chi connectivity index (χ1) is 9.90. The van der Waals surface area contributed by atoms with Crippen molar-refractivity contribution in [2.24, 2.45) is 0 Å². The van der Waals surface area contributed by atoms with Gasteiger partial charge in [-0.05, 0) is 25.5 Å². The first kappa shape index (κ1) is 16.7. The van der Waals surface area contributed by atoms with E-state index >= 15 is 0 Å². The summed E-state index contributed by atoms with van der Waals surface area (Å²) in [5, 5.41) is 0. The molecule has 118 valence electrons. The van der Waals surface area contributed by atoms with E-state index in [0.29, 0.717) is 30.5 Å². The second-order valence-electron chi connectivity index (χ2n) is 4.71. The molecule has 1 aliphatic heterocycles. The standard InChI is InChI=1S/C12H17ClN2O4S2/c1-2-19-11(16)8-15-6-5-9(7-15)14-21(17,18)12-4-3-10(13)20-12/h3-4,9,14H,2,5-8H2,1H3/t9-/m1/s1. The lowest BCUT2D eigenvalue weighted by atomic mass is 10.3. The van der Waals surface area contributed by atoms with Crippen molar-refractivity contribution in [1.29, 1.82) is 0 Å². The molecule has 0 aromatic carbocycles. The van der Waals surface area contributed by atoms with Crippen LogP contribution in [0.1, 0.15) is 13.3 Å². The number of hydrogen-bond donors (Lipinski definition) is 1. The normalized spacial score (nSPS) is 19.8. The fourth-order valence-corrected chi connectivity index (χ4v) is 4.94. The van der Waals surface area contributed by atoms with Gasteiger partial charge < -0.3 is 4.74 Å². The van der Waals surface area contributed by atoms with Crippen LogP contribution in [-0.4, -0.2) is 51.6 Å². The van der Waals surface area contributed by atoms with Crippen molar-refractivity contribution in [2.45, 2.75) is 23.6 Å². The van der Waals surface area contributed by atoms with Gasteiger partial charge in [0.25, 0.3) is 0 Å². The average Bonchev–Trinajstić information content (AvgIpc) is 2.99. The van der Waals surface area contributed by atoms with Crippen molar-refractivity contribution in [3.05, 3.63) is 16.5 Å². The van der Waals surface area contributed by atoms with Crippen molar-refractivity contribution < 1.29 is 17.9 Å². The summed E-state index contributed by atoms with van der Waals surface area (Å²) in [6.07, 6.45) is 0.664. The van der Waals surface area contributed by atoms with E-state index < -0.39 is 10.0 Å². The number of thiophene rings is 1. The third-order valence-electron chi connectivity index (χ3n) is 3.07. The number of carbonyl (C=O) groups is 1. The Kier molecular flexibility index (Phi) is 5.61. The summed E-state index contributed by atoms with van der Waals surface area (Å²) in [5.74, 6) is -0.286. The van der Waals surface area contributed by atoms with Gasteiger partial charge in [-0.3, -0.25) is 9.69 Å². The Morgan fingerprint density at radius 2 is 2.33 bits per heavy atom. The van der Waals surface area contributed by atoms with Crippen LogP contribution in [0.3, 0.4) is 0 Å². The Labute approximate surface area is 133 Å². The average molecular weight is 353 g/mol. The second kappa shape index (κ2) is 7.06. The van der Waals surface area contributed by atoms with E-state index in [0.717, 1.165) is 11.3 Å². The van der Waals surface area contributed by atoms with Crippen molar-refractivity contribution in [2.75, 3.05) is 26.2 Å². The lowest BCUT2D eigenvalue weighted by Crippen LogP contribution is -2.38. The maximum absolute atomic E-state index is 12.2. The van der Waals surface area contributed by atoms with Crippen LogP contribution in [0.25, 0.3) is 0 Å². The molecule has 1 saturated heterocycles. The van der Waals surface area contributed by atoms with E-state index in [1.54, 1.807) is 13.0 Å². The highest BCUT2D eigenvalue weighted by Gasteiger charge is 2.29. The van der Waals surface area contributed by atoms with Gasteiger partial charge in [-0.15, -0.1) is 11.3 Å². The number of hydrogen-bond acceptors (Lipinski definition) is 6. The molecule has 0 amide bonds. The summed E-state index contributed by atoms with van der Waals surface area (Å²) < 4.78 is 32.5. The lowest BCUT2D eigenvalue weighted by Gasteiger charge is -2.15. The third kappa shape index (κ3) is 4.65. The monoisotopic (exact) mass is 352 g/mol. The minimum Gasteiger partial charge on any atom is -0.465 e. The predicted molar refractivity (Wildman–Crippen MR) is 81.1 cm³/mol. The van der Waals surface area contributed by atoms with E-state index in [2.05, 4.69) is 4.72 Å². The molecule has 0 radical (unpaired) electrons. The van der Waals surface area contributed by atoms with E-state index in [1.165, 1.54) is 6.07 Å². The van der Waals surface area contributed by atoms with Crippen LogP contribution >= 0.6 is 22.9 Å². The molecule has 0 bridgehead atoms. The molecular weight excluding hydrogens is 336 g/mol. The van der Waals surface area contributed by atoms with Crippen molar-refractivity contribution in [3.8, 4) is 0 Å². The summed E-state index contributed by atoms with van der Waals surface area (Å²) in [6, 6.07) is 2.84. The smallest absolute Gasteiger partial charge is 0.320 e. The molecule has 6 nitrogen and oxygen atoms in total. The van der Waals surface area contributed by atoms with Gasteiger partial charge in [0.05, 0.1) is 17.5 Å². The molecule has 2 heterocycles. The van der Waals surface area contributed by atoms with Crippen LogP contribution in [0.2, 0.25) is 4.34 Å². The fraction of sp³-hybridized carbons (Fsp3) is 0.583. The molecule has 1 aromatic heterocycles. The third-order valence-corrected chi connectivity index (χ3v) is 6.31. The minimum atomic E-state index is -3.54. The molecule has 0 aliphatic carbocycles. The quantitative estimate of drug-likeness (QED) is 0.781. The van der Waals surface area contributed by atoms with Gasteiger partial charge in [-0.1, -0.05) is 11.6 Å². The fourth-order valence-electron chi connectivity index (χ4n) is 2.18. The van der Waals surface area contributed by atoms with E-state index in [-0.39, 0.29) is 22.8 Å². The van der Waals surface area contributed by atoms with Crippen molar-refractivity contribution >= 4 is 38.9 Å². The Morgan fingerprint density at radius 3 is 2.95 bits per heavy atom. The molecule has 1 aromatic rings. The van der Waals surface area contributed by atoms with Gasteiger partial charge in [0.2, 0.25) is 10.0 Å². The van der Waals surface area contributed by atoms with Crippen molar-refractivity contribution in [3.63, 3.8) is 0 Å². The molecule has 1 fully saturated rings. The van der Waals surface area contributed by atoms with Crippen LogP contribution in [-0.2, 0) is 19.6 Å². The number of carbonyl (C=O) groups excluding carboxylic acids is 1. The maximum atomic E-state index is 12.2. The molecule has 0 unspecified atom stereocenters. The van der Waals surface area contributed by atoms with Gasteiger partial charge in [0.1, 0.15) is 4.21 Å². The highest BCUT2D eigenvalue weighted by Crippen LogP contribution is 2.26. The van der Waals surface area contributed by atoms with Crippen LogP contribution in [0, 0.1) is 0 Å². The van der Waals surface area contributed by atoms with Crippen LogP contribution < -0.4 is 4.72 Å². The molecule has 1 N–H and O–H groups in total. The summed E-state index contributed by atoms with van der Waals surface area (Å²) >= 11 is 6.78. The molecule has 1 aliphatic rings. The zero-order valence-corrected chi connectivity index (χ0v) is 13.9.